The second-order valence-corrected chi connectivity index (χ2v) is 4.73. The maximum absolute atomic E-state index is 12.9. The molecule has 4 nitrogen and oxygen atoms in total. The van der Waals surface area contributed by atoms with Gasteiger partial charge in [0.1, 0.15) is 11.4 Å². The molecule has 0 aliphatic heterocycles. The van der Waals surface area contributed by atoms with Crippen molar-refractivity contribution < 1.29 is 13.2 Å². The molecule has 3 aromatic rings. The number of alkyl halides is 3. The van der Waals surface area contributed by atoms with Gasteiger partial charge in [0.15, 0.2) is 5.65 Å². The number of benzene rings is 1. The summed E-state index contributed by atoms with van der Waals surface area (Å²) in [6.07, 6.45) is -3.76. The third-order valence-corrected chi connectivity index (χ3v) is 3.11. The van der Waals surface area contributed by atoms with Crippen molar-refractivity contribution in [3.8, 4) is 11.3 Å². The lowest BCUT2D eigenvalue weighted by Crippen LogP contribution is -2.07. The Bertz CT molecular complexity index is 821. The van der Waals surface area contributed by atoms with Gasteiger partial charge >= 0.3 is 6.18 Å². The SMILES string of the molecule is Cc1cccc(-c2cc(N)nc3c(C(F)(F)F)cnn23)c1. The third-order valence-electron chi connectivity index (χ3n) is 3.11. The van der Waals surface area contributed by atoms with Crippen LogP contribution in [0.3, 0.4) is 0 Å². The van der Waals surface area contributed by atoms with Crippen molar-refractivity contribution >= 4 is 11.5 Å². The van der Waals surface area contributed by atoms with Crippen LogP contribution in [0.1, 0.15) is 11.1 Å². The fraction of sp³-hybridized carbons (Fsp3) is 0.143. The van der Waals surface area contributed by atoms with E-state index in [1.54, 1.807) is 6.07 Å². The first-order valence-electron chi connectivity index (χ1n) is 6.15. The van der Waals surface area contributed by atoms with Gasteiger partial charge in [-0.2, -0.15) is 18.3 Å². The predicted molar refractivity (Wildman–Crippen MR) is 72.6 cm³/mol. The van der Waals surface area contributed by atoms with Crippen LogP contribution in [-0.2, 0) is 6.18 Å². The van der Waals surface area contributed by atoms with Crippen LogP contribution in [0.4, 0.5) is 19.0 Å². The average Bonchev–Trinajstić information content (AvgIpc) is 2.81. The number of nitrogens with two attached hydrogens (primary N) is 1. The highest BCUT2D eigenvalue weighted by Crippen LogP contribution is 2.33. The normalized spacial score (nSPS) is 12.0. The van der Waals surface area contributed by atoms with Crippen LogP contribution in [0, 0.1) is 6.92 Å². The Balaban J connectivity index is 2.32. The first-order valence-corrected chi connectivity index (χ1v) is 6.15. The Kier molecular flexibility index (Phi) is 2.86. The van der Waals surface area contributed by atoms with E-state index < -0.39 is 11.7 Å². The Labute approximate surface area is 118 Å². The molecule has 0 radical (unpaired) electrons. The highest BCUT2D eigenvalue weighted by Gasteiger charge is 2.35. The van der Waals surface area contributed by atoms with Gasteiger partial charge in [0.05, 0.1) is 11.9 Å². The number of aromatic nitrogens is 3. The molecule has 2 aromatic heterocycles. The molecule has 108 valence electrons. The van der Waals surface area contributed by atoms with E-state index in [0.717, 1.165) is 21.8 Å². The third kappa shape index (κ3) is 2.31. The van der Waals surface area contributed by atoms with Crippen LogP contribution in [0.25, 0.3) is 16.9 Å². The lowest BCUT2D eigenvalue weighted by atomic mass is 10.1. The van der Waals surface area contributed by atoms with E-state index in [1.807, 2.05) is 25.1 Å². The Morgan fingerprint density at radius 3 is 2.62 bits per heavy atom. The molecule has 0 aliphatic carbocycles. The summed E-state index contributed by atoms with van der Waals surface area (Å²) >= 11 is 0. The molecule has 3 rings (SSSR count). The van der Waals surface area contributed by atoms with Gasteiger partial charge in [-0.1, -0.05) is 23.8 Å². The molecule has 0 aliphatic rings. The molecule has 0 unspecified atom stereocenters. The Morgan fingerprint density at radius 1 is 1.19 bits per heavy atom. The largest absolute Gasteiger partial charge is 0.421 e. The topological polar surface area (TPSA) is 56.2 Å². The van der Waals surface area contributed by atoms with E-state index >= 15 is 0 Å². The number of anilines is 1. The number of hydrogen-bond donors (Lipinski definition) is 1. The van der Waals surface area contributed by atoms with Crippen molar-refractivity contribution in [2.75, 3.05) is 5.73 Å². The molecule has 2 N–H and O–H groups in total. The van der Waals surface area contributed by atoms with Crippen molar-refractivity contribution in [2.24, 2.45) is 0 Å². The highest BCUT2D eigenvalue weighted by molar-refractivity contribution is 5.68. The zero-order valence-electron chi connectivity index (χ0n) is 11.0. The quantitative estimate of drug-likeness (QED) is 0.748. The molecule has 0 bridgehead atoms. The summed E-state index contributed by atoms with van der Waals surface area (Å²) in [4.78, 5) is 3.77. The van der Waals surface area contributed by atoms with Gasteiger partial charge in [-0.15, -0.1) is 0 Å². The molecular weight excluding hydrogens is 281 g/mol. The number of halogens is 3. The van der Waals surface area contributed by atoms with E-state index in [2.05, 4.69) is 10.1 Å². The predicted octanol–water partition coefficient (Wildman–Crippen LogP) is 3.31. The lowest BCUT2D eigenvalue weighted by Gasteiger charge is -2.08. The van der Waals surface area contributed by atoms with E-state index in [9.17, 15) is 13.2 Å². The average molecular weight is 292 g/mol. The molecule has 0 amide bonds. The molecule has 0 atom stereocenters. The molecule has 7 heteroatoms. The van der Waals surface area contributed by atoms with Crippen LogP contribution in [0.2, 0.25) is 0 Å². The maximum atomic E-state index is 12.9. The maximum Gasteiger partial charge on any atom is 0.421 e. The second-order valence-electron chi connectivity index (χ2n) is 4.73. The molecule has 0 fully saturated rings. The minimum absolute atomic E-state index is 0.0185. The lowest BCUT2D eigenvalue weighted by molar-refractivity contribution is -0.136. The second kappa shape index (κ2) is 4.47. The number of fused-ring (bicyclic) bond motifs is 1. The van der Waals surface area contributed by atoms with Gasteiger partial charge in [0.2, 0.25) is 0 Å². The van der Waals surface area contributed by atoms with Crippen molar-refractivity contribution in [3.63, 3.8) is 0 Å². The molecular formula is C14H11F3N4. The summed E-state index contributed by atoms with van der Waals surface area (Å²) in [5.74, 6) is 0.0185. The summed E-state index contributed by atoms with van der Waals surface area (Å²) in [7, 11) is 0. The van der Waals surface area contributed by atoms with Gasteiger partial charge in [-0.05, 0) is 13.0 Å². The fourth-order valence-corrected chi connectivity index (χ4v) is 2.19. The molecule has 2 heterocycles. The summed E-state index contributed by atoms with van der Waals surface area (Å²) in [5, 5.41) is 3.81. The fourth-order valence-electron chi connectivity index (χ4n) is 2.19. The number of aryl methyl sites for hydroxylation is 1. The smallest absolute Gasteiger partial charge is 0.384 e. The van der Waals surface area contributed by atoms with E-state index in [-0.39, 0.29) is 11.5 Å². The van der Waals surface area contributed by atoms with Gasteiger partial charge in [-0.25, -0.2) is 9.50 Å². The standard InChI is InChI=1S/C14H11F3N4/c1-8-3-2-4-9(5-8)11-6-12(18)20-13-10(14(15,16)17)7-19-21(11)13/h2-7H,1H3,(H2,18,20). The molecule has 21 heavy (non-hydrogen) atoms. The van der Waals surface area contributed by atoms with Gasteiger partial charge in [0, 0.05) is 11.6 Å². The number of nitrogens with zero attached hydrogens (tertiary/aromatic N) is 3. The minimum Gasteiger partial charge on any atom is -0.384 e. The summed E-state index contributed by atoms with van der Waals surface area (Å²) in [6, 6.07) is 8.87. The monoisotopic (exact) mass is 292 g/mol. The van der Waals surface area contributed by atoms with Crippen molar-refractivity contribution in [1.29, 1.82) is 0 Å². The van der Waals surface area contributed by atoms with Crippen LogP contribution in [0.15, 0.2) is 36.5 Å². The number of nitrogen functional groups attached to an aromatic ring is 1. The summed E-state index contributed by atoms with van der Waals surface area (Å²) in [6.45, 7) is 1.90. The molecule has 0 saturated heterocycles. The first kappa shape index (κ1) is 13.4. The van der Waals surface area contributed by atoms with Gasteiger partial charge in [0.25, 0.3) is 0 Å². The minimum atomic E-state index is -4.52. The Morgan fingerprint density at radius 2 is 1.95 bits per heavy atom. The first-order chi connectivity index (χ1) is 9.86. The van der Waals surface area contributed by atoms with Crippen molar-refractivity contribution in [2.45, 2.75) is 13.1 Å². The van der Waals surface area contributed by atoms with E-state index in [4.69, 9.17) is 5.73 Å². The Hall–Kier alpha value is -2.57. The van der Waals surface area contributed by atoms with E-state index in [0.29, 0.717) is 5.69 Å². The number of hydrogen-bond acceptors (Lipinski definition) is 3. The zero-order valence-corrected chi connectivity index (χ0v) is 11.0. The zero-order chi connectivity index (χ0) is 15.2. The molecule has 1 aromatic carbocycles. The molecule has 0 spiro atoms. The van der Waals surface area contributed by atoms with Crippen molar-refractivity contribution in [1.82, 2.24) is 14.6 Å². The van der Waals surface area contributed by atoms with Crippen LogP contribution in [-0.4, -0.2) is 14.6 Å². The van der Waals surface area contributed by atoms with E-state index in [1.165, 1.54) is 6.07 Å². The van der Waals surface area contributed by atoms with Gasteiger partial charge in [-0.3, -0.25) is 0 Å². The summed E-state index contributed by atoms with van der Waals surface area (Å²) < 4.78 is 40.0. The molecule has 0 saturated carbocycles. The van der Waals surface area contributed by atoms with Crippen LogP contribution >= 0.6 is 0 Å². The highest BCUT2D eigenvalue weighted by atomic mass is 19.4. The summed E-state index contributed by atoms with van der Waals surface area (Å²) in [5.41, 5.74) is 6.64. The van der Waals surface area contributed by atoms with Crippen LogP contribution in [0.5, 0.6) is 0 Å². The number of rotatable bonds is 1. The van der Waals surface area contributed by atoms with Crippen LogP contribution < -0.4 is 5.73 Å². The van der Waals surface area contributed by atoms with Gasteiger partial charge < -0.3 is 5.73 Å². The van der Waals surface area contributed by atoms with Crippen molar-refractivity contribution in [3.05, 3.63) is 47.7 Å².